The van der Waals surface area contributed by atoms with E-state index in [1.807, 2.05) is 17.8 Å². The molecule has 0 unspecified atom stereocenters. The molecule has 0 amide bonds. The summed E-state index contributed by atoms with van der Waals surface area (Å²) in [6.07, 6.45) is 0.747. The van der Waals surface area contributed by atoms with Crippen molar-refractivity contribution in [3.05, 3.63) is 29.6 Å². The molecule has 0 atom stereocenters. The number of thioether (sulfide) groups is 1. The normalized spacial score (nSPS) is 16.5. The van der Waals surface area contributed by atoms with Gasteiger partial charge in [0.05, 0.1) is 5.69 Å². The van der Waals surface area contributed by atoms with Gasteiger partial charge in [-0.1, -0.05) is 12.1 Å². The van der Waals surface area contributed by atoms with Gasteiger partial charge in [0, 0.05) is 24.6 Å². The second-order valence-electron chi connectivity index (χ2n) is 3.89. The third-order valence-corrected chi connectivity index (χ3v) is 3.75. The molecule has 0 spiro atoms. The molecular weight excluding hydrogens is 223 g/mol. The van der Waals surface area contributed by atoms with Crippen molar-refractivity contribution in [1.29, 1.82) is 0 Å². The van der Waals surface area contributed by atoms with Gasteiger partial charge in [-0.2, -0.15) is 11.8 Å². The average Bonchev–Trinajstić information content (AvgIpc) is 2.31. The van der Waals surface area contributed by atoms with Gasteiger partial charge in [-0.15, -0.1) is 0 Å². The van der Waals surface area contributed by atoms with Crippen LogP contribution in [-0.4, -0.2) is 31.1 Å². The Hall–Kier alpha value is -0.740. The van der Waals surface area contributed by atoms with Gasteiger partial charge < -0.3 is 10.6 Å². The largest absolute Gasteiger partial charge is 0.367 e. The molecule has 1 aliphatic heterocycles. The summed E-state index contributed by atoms with van der Waals surface area (Å²) in [5.74, 6) is 2.05. The van der Waals surface area contributed by atoms with Crippen molar-refractivity contribution < 1.29 is 4.39 Å². The molecule has 16 heavy (non-hydrogen) atoms. The zero-order valence-corrected chi connectivity index (χ0v) is 10.1. The number of hydrogen-bond donors (Lipinski definition) is 1. The van der Waals surface area contributed by atoms with Gasteiger partial charge in [-0.25, -0.2) is 4.39 Å². The Morgan fingerprint density at radius 2 is 2.06 bits per heavy atom. The standard InChI is InChI=1S/C12H17FN2S/c13-11-3-1-2-10(4-5-14)12(11)15-6-8-16-9-7-15/h1-3H,4-9,14H2. The number of nitrogens with two attached hydrogens (primary N) is 1. The Labute approximate surface area is 100 Å². The van der Waals surface area contributed by atoms with Crippen molar-refractivity contribution in [3.8, 4) is 0 Å². The Morgan fingerprint density at radius 1 is 1.31 bits per heavy atom. The van der Waals surface area contributed by atoms with E-state index in [-0.39, 0.29) is 5.82 Å². The molecule has 0 bridgehead atoms. The maximum Gasteiger partial charge on any atom is 0.146 e. The van der Waals surface area contributed by atoms with Crippen LogP contribution in [0.4, 0.5) is 10.1 Å². The first kappa shape index (κ1) is 11.7. The molecular formula is C12H17FN2S. The molecule has 4 heteroatoms. The van der Waals surface area contributed by atoms with Crippen LogP contribution in [0.1, 0.15) is 5.56 Å². The molecule has 0 radical (unpaired) electrons. The van der Waals surface area contributed by atoms with E-state index in [1.54, 1.807) is 6.07 Å². The van der Waals surface area contributed by atoms with Crippen LogP contribution in [0.2, 0.25) is 0 Å². The molecule has 2 N–H and O–H groups in total. The molecule has 1 fully saturated rings. The smallest absolute Gasteiger partial charge is 0.146 e. The number of benzene rings is 1. The topological polar surface area (TPSA) is 29.3 Å². The summed E-state index contributed by atoms with van der Waals surface area (Å²) >= 11 is 1.93. The van der Waals surface area contributed by atoms with Gasteiger partial charge in [0.2, 0.25) is 0 Å². The highest BCUT2D eigenvalue weighted by Gasteiger charge is 2.17. The number of nitrogens with zero attached hydrogens (tertiary/aromatic N) is 1. The predicted octanol–water partition coefficient (Wildman–Crippen LogP) is 1.88. The molecule has 0 aromatic heterocycles. The van der Waals surface area contributed by atoms with Gasteiger partial charge in [-0.3, -0.25) is 0 Å². The van der Waals surface area contributed by atoms with Crippen LogP contribution in [0.15, 0.2) is 18.2 Å². The third-order valence-electron chi connectivity index (χ3n) is 2.81. The molecule has 1 aliphatic rings. The van der Waals surface area contributed by atoms with Crippen LogP contribution < -0.4 is 10.6 Å². The first-order chi connectivity index (χ1) is 7.83. The summed E-state index contributed by atoms with van der Waals surface area (Å²) in [5, 5.41) is 0. The van der Waals surface area contributed by atoms with E-state index < -0.39 is 0 Å². The van der Waals surface area contributed by atoms with Crippen molar-refractivity contribution >= 4 is 17.4 Å². The summed E-state index contributed by atoms with van der Waals surface area (Å²) in [6.45, 7) is 2.44. The van der Waals surface area contributed by atoms with Crippen LogP contribution in [0.25, 0.3) is 0 Å². The summed E-state index contributed by atoms with van der Waals surface area (Å²) in [4.78, 5) is 2.15. The van der Waals surface area contributed by atoms with E-state index in [0.29, 0.717) is 6.54 Å². The number of hydrogen-bond acceptors (Lipinski definition) is 3. The van der Waals surface area contributed by atoms with Crippen LogP contribution in [0, 0.1) is 5.82 Å². The zero-order valence-electron chi connectivity index (χ0n) is 9.29. The van der Waals surface area contributed by atoms with Crippen molar-refractivity contribution in [2.75, 3.05) is 36.0 Å². The minimum atomic E-state index is -0.113. The lowest BCUT2D eigenvalue weighted by Crippen LogP contribution is -2.34. The summed E-state index contributed by atoms with van der Waals surface area (Å²) < 4.78 is 13.9. The van der Waals surface area contributed by atoms with Gasteiger partial charge in [0.1, 0.15) is 5.82 Å². The molecule has 1 aromatic rings. The molecule has 0 saturated carbocycles. The lowest BCUT2D eigenvalue weighted by Gasteiger charge is -2.30. The van der Waals surface area contributed by atoms with Gasteiger partial charge >= 0.3 is 0 Å². The molecule has 88 valence electrons. The predicted molar refractivity (Wildman–Crippen MR) is 68.7 cm³/mol. The van der Waals surface area contributed by atoms with Gasteiger partial charge in [-0.05, 0) is 24.6 Å². The zero-order chi connectivity index (χ0) is 11.4. The fourth-order valence-electron chi connectivity index (χ4n) is 2.06. The quantitative estimate of drug-likeness (QED) is 0.874. The van der Waals surface area contributed by atoms with Crippen molar-refractivity contribution in [1.82, 2.24) is 0 Å². The Bertz CT molecular complexity index is 351. The van der Waals surface area contributed by atoms with Crippen LogP contribution in [0.3, 0.4) is 0 Å². The van der Waals surface area contributed by atoms with Crippen LogP contribution in [-0.2, 0) is 6.42 Å². The maximum atomic E-state index is 13.9. The molecule has 1 saturated heterocycles. The highest BCUT2D eigenvalue weighted by atomic mass is 32.2. The number of para-hydroxylation sites is 1. The van der Waals surface area contributed by atoms with Crippen molar-refractivity contribution in [2.45, 2.75) is 6.42 Å². The summed E-state index contributed by atoms with van der Waals surface area (Å²) in [7, 11) is 0. The molecule has 1 heterocycles. The van der Waals surface area contributed by atoms with E-state index in [0.717, 1.165) is 42.3 Å². The highest BCUT2D eigenvalue weighted by molar-refractivity contribution is 7.99. The van der Waals surface area contributed by atoms with Crippen molar-refractivity contribution in [2.24, 2.45) is 5.73 Å². The van der Waals surface area contributed by atoms with Crippen LogP contribution in [0.5, 0.6) is 0 Å². The fraction of sp³-hybridized carbons (Fsp3) is 0.500. The van der Waals surface area contributed by atoms with E-state index >= 15 is 0 Å². The summed E-state index contributed by atoms with van der Waals surface area (Å²) in [6, 6.07) is 5.28. The Kier molecular flexibility index (Phi) is 4.07. The number of halogens is 1. The van der Waals surface area contributed by atoms with Crippen LogP contribution >= 0.6 is 11.8 Å². The first-order valence-electron chi connectivity index (χ1n) is 5.63. The Balaban J connectivity index is 2.28. The Morgan fingerprint density at radius 3 is 2.75 bits per heavy atom. The highest BCUT2D eigenvalue weighted by Crippen LogP contribution is 2.27. The average molecular weight is 240 g/mol. The fourth-order valence-corrected chi connectivity index (χ4v) is 2.96. The first-order valence-corrected chi connectivity index (χ1v) is 6.78. The molecule has 1 aromatic carbocycles. The third kappa shape index (κ3) is 2.50. The van der Waals surface area contributed by atoms with Gasteiger partial charge in [0.25, 0.3) is 0 Å². The lowest BCUT2D eigenvalue weighted by atomic mass is 10.1. The minimum absolute atomic E-state index is 0.113. The monoisotopic (exact) mass is 240 g/mol. The molecule has 2 rings (SSSR count). The van der Waals surface area contributed by atoms with E-state index in [9.17, 15) is 4.39 Å². The minimum Gasteiger partial charge on any atom is -0.367 e. The maximum absolute atomic E-state index is 13.9. The number of rotatable bonds is 3. The molecule has 0 aliphatic carbocycles. The second kappa shape index (κ2) is 5.55. The lowest BCUT2D eigenvalue weighted by molar-refractivity contribution is 0.616. The van der Waals surface area contributed by atoms with E-state index in [1.165, 1.54) is 6.07 Å². The number of anilines is 1. The van der Waals surface area contributed by atoms with Crippen molar-refractivity contribution in [3.63, 3.8) is 0 Å². The SMILES string of the molecule is NCCc1cccc(F)c1N1CCSCC1. The summed E-state index contributed by atoms with van der Waals surface area (Å²) in [5.41, 5.74) is 7.37. The van der Waals surface area contributed by atoms with E-state index in [2.05, 4.69) is 4.90 Å². The second-order valence-corrected chi connectivity index (χ2v) is 5.11. The molecule has 2 nitrogen and oxygen atoms in total. The van der Waals surface area contributed by atoms with Gasteiger partial charge in [0.15, 0.2) is 0 Å². The van der Waals surface area contributed by atoms with E-state index in [4.69, 9.17) is 5.73 Å².